The predicted molar refractivity (Wildman–Crippen MR) is 119 cm³/mol. The molecular weight excluding hydrogens is 400 g/mol. The Kier molecular flexibility index (Phi) is 6.14. The molecule has 1 aliphatic heterocycles. The Morgan fingerprint density at radius 1 is 1.00 bits per heavy atom. The first-order chi connectivity index (χ1) is 14.6. The van der Waals surface area contributed by atoms with Crippen LogP contribution in [0.15, 0.2) is 60.7 Å². The van der Waals surface area contributed by atoms with Crippen LogP contribution in [0, 0.1) is 5.92 Å². The van der Waals surface area contributed by atoms with Crippen molar-refractivity contribution in [1.29, 1.82) is 0 Å². The van der Waals surface area contributed by atoms with Crippen molar-refractivity contribution in [3.05, 3.63) is 65.7 Å². The van der Waals surface area contributed by atoms with Gasteiger partial charge in [0.15, 0.2) is 5.82 Å². The Morgan fingerprint density at radius 3 is 2.30 bits per heavy atom. The maximum Gasteiger partial charge on any atom is 0.227 e. The van der Waals surface area contributed by atoms with Gasteiger partial charge in [0.05, 0.1) is 12.8 Å². The molecule has 1 aliphatic rings. The number of benzene rings is 2. The van der Waals surface area contributed by atoms with E-state index in [0.29, 0.717) is 5.02 Å². The van der Waals surface area contributed by atoms with Crippen molar-refractivity contribution in [1.82, 2.24) is 10.2 Å². The number of methoxy groups -OCH3 is 1. The monoisotopic (exact) mass is 422 g/mol. The number of anilines is 2. The average Bonchev–Trinajstić information content (AvgIpc) is 2.81. The molecule has 154 valence electrons. The van der Waals surface area contributed by atoms with Crippen molar-refractivity contribution >= 4 is 29.0 Å². The summed E-state index contributed by atoms with van der Waals surface area (Å²) < 4.78 is 5.19. The number of piperidine rings is 1. The molecule has 0 unspecified atom stereocenters. The molecular formula is C23H23ClN4O2. The van der Waals surface area contributed by atoms with Crippen LogP contribution in [0.25, 0.3) is 11.3 Å². The summed E-state index contributed by atoms with van der Waals surface area (Å²) in [4.78, 5) is 14.7. The quantitative estimate of drug-likeness (QED) is 0.647. The molecule has 2 heterocycles. The minimum Gasteiger partial charge on any atom is -0.497 e. The molecule has 1 fully saturated rings. The van der Waals surface area contributed by atoms with Gasteiger partial charge in [-0.05, 0) is 73.5 Å². The Morgan fingerprint density at radius 2 is 1.70 bits per heavy atom. The van der Waals surface area contributed by atoms with Crippen LogP contribution < -0.4 is 15.0 Å². The second-order valence-corrected chi connectivity index (χ2v) is 7.70. The molecule has 3 aromatic rings. The Balaban J connectivity index is 1.33. The zero-order valence-electron chi connectivity index (χ0n) is 16.7. The molecule has 1 saturated heterocycles. The maximum atomic E-state index is 12.5. The minimum atomic E-state index is -0.0107. The molecule has 0 spiro atoms. The van der Waals surface area contributed by atoms with Gasteiger partial charge in [-0.25, -0.2) is 0 Å². The zero-order chi connectivity index (χ0) is 20.9. The van der Waals surface area contributed by atoms with Crippen molar-refractivity contribution < 1.29 is 9.53 Å². The van der Waals surface area contributed by atoms with Gasteiger partial charge < -0.3 is 15.0 Å². The summed E-state index contributed by atoms with van der Waals surface area (Å²) in [6, 6.07) is 18.9. The molecule has 1 aromatic heterocycles. The van der Waals surface area contributed by atoms with E-state index >= 15 is 0 Å². The van der Waals surface area contributed by atoms with Crippen LogP contribution in [-0.2, 0) is 4.79 Å². The second-order valence-electron chi connectivity index (χ2n) is 7.26. The lowest BCUT2D eigenvalue weighted by atomic mass is 9.96. The summed E-state index contributed by atoms with van der Waals surface area (Å²) in [5, 5.41) is 12.4. The van der Waals surface area contributed by atoms with Crippen LogP contribution >= 0.6 is 11.6 Å². The Labute approximate surface area is 180 Å². The van der Waals surface area contributed by atoms with Crippen LogP contribution in [0.2, 0.25) is 5.02 Å². The number of hydrogen-bond donors (Lipinski definition) is 1. The van der Waals surface area contributed by atoms with Gasteiger partial charge in [-0.2, -0.15) is 0 Å². The first kappa shape index (κ1) is 20.2. The molecule has 0 aliphatic carbocycles. The highest BCUT2D eigenvalue weighted by Crippen LogP contribution is 2.25. The number of amides is 1. The topological polar surface area (TPSA) is 67.3 Å². The van der Waals surface area contributed by atoms with E-state index in [9.17, 15) is 4.79 Å². The summed E-state index contributed by atoms with van der Waals surface area (Å²) >= 11 is 5.89. The first-order valence-corrected chi connectivity index (χ1v) is 10.3. The van der Waals surface area contributed by atoms with Gasteiger partial charge in [0.2, 0.25) is 5.91 Å². The van der Waals surface area contributed by atoms with Crippen molar-refractivity contribution in [3.63, 3.8) is 0 Å². The number of halogens is 1. The normalized spacial score (nSPS) is 14.4. The van der Waals surface area contributed by atoms with E-state index < -0.39 is 0 Å². The lowest BCUT2D eigenvalue weighted by Gasteiger charge is -2.31. The summed E-state index contributed by atoms with van der Waals surface area (Å²) in [7, 11) is 1.65. The van der Waals surface area contributed by atoms with Gasteiger partial charge in [-0.3, -0.25) is 4.79 Å². The van der Waals surface area contributed by atoms with Gasteiger partial charge in [0, 0.05) is 35.3 Å². The molecule has 0 atom stereocenters. The van der Waals surface area contributed by atoms with E-state index in [0.717, 1.165) is 54.4 Å². The lowest BCUT2D eigenvalue weighted by molar-refractivity contribution is -0.120. The van der Waals surface area contributed by atoms with Crippen molar-refractivity contribution in [2.45, 2.75) is 12.8 Å². The number of ether oxygens (including phenoxy) is 1. The predicted octanol–water partition coefficient (Wildman–Crippen LogP) is 4.66. The van der Waals surface area contributed by atoms with Crippen molar-refractivity contribution in [3.8, 4) is 17.0 Å². The summed E-state index contributed by atoms with van der Waals surface area (Å²) in [6.45, 7) is 1.55. The molecule has 4 rings (SSSR count). The van der Waals surface area contributed by atoms with Crippen LogP contribution in [-0.4, -0.2) is 36.3 Å². The van der Waals surface area contributed by atoms with E-state index in [2.05, 4.69) is 20.4 Å². The zero-order valence-corrected chi connectivity index (χ0v) is 17.5. The number of carbonyl (C=O) groups is 1. The van der Waals surface area contributed by atoms with Gasteiger partial charge in [-0.15, -0.1) is 10.2 Å². The van der Waals surface area contributed by atoms with Crippen molar-refractivity contribution in [2.75, 3.05) is 30.4 Å². The summed E-state index contributed by atoms with van der Waals surface area (Å²) in [5.74, 6) is 1.69. The summed E-state index contributed by atoms with van der Waals surface area (Å²) in [5.41, 5.74) is 2.58. The minimum absolute atomic E-state index is 0.0107. The van der Waals surface area contributed by atoms with Crippen LogP contribution in [0.3, 0.4) is 0 Å². The molecule has 2 aromatic carbocycles. The fourth-order valence-electron chi connectivity index (χ4n) is 3.56. The summed E-state index contributed by atoms with van der Waals surface area (Å²) in [6.07, 6.45) is 1.56. The fourth-order valence-corrected chi connectivity index (χ4v) is 3.68. The van der Waals surface area contributed by atoms with Crippen molar-refractivity contribution in [2.24, 2.45) is 5.92 Å². The second kappa shape index (κ2) is 9.13. The third kappa shape index (κ3) is 4.71. The van der Waals surface area contributed by atoms with E-state index in [1.165, 1.54) is 0 Å². The van der Waals surface area contributed by atoms with Gasteiger partial charge in [-0.1, -0.05) is 11.6 Å². The smallest absolute Gasteiger partial charge is 0.227 e. The third-order valence-corrected chi connectivity index (χ3v) is 5.59. The Bertz CT molecular complexity index is 983. The highest BCUT2D eigenvalue weighted by atomic mass is 35.5. The molecule has 6 nitrogen and oxygen atoms in total. The highest BCUT2D eigenvalue weighted by molar-refractivity contribution is 6.30. The largest absolute Gasteiger partial charge is 0.497 e. The fraction of sp³-hybridized carbons (Fsp3) is 0.261. The molecule has 0 bridgehead atoms. The number of aromatic nitrogens is 2. The van der Waals surface area contributed by atoms with E-state index in [-0.39, 0.29) is 11.8 Å². The molecule has 30 heavy (non-hydrogen) atoms. The maximum absolute atomic E-state index is 12.5. The van der Waals surface area contributed by atoms with E-state index in [4.69, 9.17) is 16.3 Å². The number of carbonyl (C=O) groups excluding carboxylic acids is 1. The molecule has 0 saturated carbocycles. The standard InChI is InChI=1S/C23H23ClN4O2/c1-30-20-8-2-16(3-9-20)21-10-11-22(27-26-21)28-14-12-17(13-15-28)23(29)25-19-6-4-18(24)5-7-19/h2-11,17H,12-15H2,1H3,(H,25,29). The van der Waals surface area contributed by atoms with Gasteiger partial charge in [0.1, 0.15) is 5.75 Å². The van der Waals surface area contributed by atoms with Gasteiger partial charge >= 0.3 is 0 Å². The van der Waals surface area contributed by atoms with Gasteiger partial charge in [0.25, 0.3) is 0 Å². The molecule has 0 radical (unpaired) electrons. The van der Waals surface area contributed by atoms with E-state index in [1.54, 1.807) is 19.2 Å². The van der Waals surface area contributed by atoms with E-state index in [1.807, 2.05) is 48.5 Å². The molecule has 1 amide bonds. The number of rotatable bonds is 5. The number of hydrogen-bond acceptors (Lipinski definition) is 5. The average molecular weight is 423 g/mol. The SMILES string of the molecule is COc1ccc(-c2ccc(N3CCC(C(=O)Nc4ccc(Cl)cc4)CC3)nn2)cc1. The third-order valence-electron chi connectivity index (χ3n) is 5.34. The molecule has 7 heteroatoms. The lowest BCUT2D eigenvalue weighted by Crippen LogP contribution is -2.38. The van der Waals surface area contributed by atoms with Crippen LogP contribution in [0.5, 0.6) is 5.75 Å². The highest BCUT2D eigenvalue weighted by Gasteiger charge is 2.26. The number of nitrogens with zero attached hydrogens (tertiary/aromatic N) is 3. The Hall–Kier alpha value is -3.12. The molecule has 1 N–H and O–H groups in total. The van der Waals surface area contributed by atoms with Crippen LogP contribution in [0.1, 0.15) is 12.8 Å². The van der Waals surface area contributed by atoms with Crippen LogP contribution in [0.4, 0.5) is 11.5 Å². The number of nitrogens with one attached hydrogen (secondary N) is 1. The first-order valence-electron chi connectivity index (χ1n) is 9.92.